The van der Waals surface area contributed by atoms with Gasteiger partial charge in [-0.2, -0.15) is 0 Å². The van der Waals surface area contributed by atoms with Crippen LogP contribution in [-0.4, -0.2) is 60.3 Å². The predicted molar refractivity (Wildman–Crippen MR) is 129 cm³/mol. The molecule has 0 atom stereocenters. The van der Waals surface area contributed by atoms with E-state index in [0.29, 0.717) is 43.6 Å². The van der Waals surface area contributed by atoms with Crippen molar-refractivity contribution in [2.24, 2.45) is 7.05 Å². The molecule has 1 aliphatic carbocycles. The number of fused-ring (bicyclic) bond motifs is 3. The Labute approximate surface area is 196 Å². The zero-order valence-electron chi connectivity index (χ0n) is 19.0. The molecule has 2 aliphatic rings. The first-order valence-electron chi connectivity index (χ1n) is 11.4. The van der Waals surface area contributed by atoms with Gasteiger partial charge in [-0.15, -0.1) is 11.3 Å². The van der Waals surface area contributed by atoms with E-state index in [9.17, 15) is 9.59 Å². The summed E-state index contributed by atoms with van der Waals surface area (Å²) in [5, 5.41) is 0.809. The third-order valence-corrected chi connectivity index (χ3v) is 7.69. The number of hydrogen-bond acceptors (Lipinski definition) is 7. The molecule has 1 saturated heterocycles. The topological polar surface area (TPSA) is 76.9 Å². The molecule has 0 unspecified atom stereocenters. The number of rotatable bonds is 5. The first-order valence-corrected chi connectivity index (χ1v) is 12.2. The summed E-state index contributed by atoms with van der Waals surface area (Å²) in [6, 6.07) is 7.29. The molecule has 9 heteroatoms. The van der Waals surface area contributed by atoms with Crippen molar-refractivity contribution in [2.75, 3.05) is 44.8 Å². The Kier molecular flexibility index (Phi) is 5.97. The zero-order chi connectivity index (χ0) is 22.9. The van der Waals surface area contributed by atoms with Gasteiger partial charge in [-0.1, -0.05) is 12.1 Å². The normalized spacial score (nSPS) is 16.1. The number of aromatic nitrogens is 2. The monoisotopic (exact) mass is 468 g/mol. The van der Waals surface area contributed by atoms with E-state index in [1.807, 2.05) is 12.1 Å². The van der Waals surface area contributed by atoms with Crippen LogP contribution in [-0.2, 0) is 24.7 Å². The average molecular weight is 469 g/mol. The van der Waals surface area contributed by atoms with Gasteiger partial charge >= 0.3 is 0 Å². The van der Waals surface area contributed by atoms with Crippen molar-refractivity contribution in [1.82, 2.24) is 14.5 Å². The Bertz CT molecular complexity index is 1240. The molecule has 8 nitrogen and oxygen atoms in total. The lowest BCUT2D eigenvalue weighted by Crippen LogP contribution is -2.51. The second kappa shape index (κ2) is 9.05. The third-order valence-electron chi connectivity index (χ3n) is 6.51. The highest BCUT2D eigenvalue weighted by Gasteiger charge is 2.26. The van der Waals surface area contributed by atoms with Crippen molar-refractivity contribution in [3.8, 4) is 11.5 Å². The number of ether oxygens (including phenoxy) is 2. The maximum atomic E-state index is 13.2. The Hall–Kier alpha value is -3.07. The predicted octanol–water partition coefficient (Wildman–Crippen LogP) is 2.61. The Balaban J connectivity index is 1.27. The summed E-state index contributed by atoms with van der Waals surface area (Å²) in [5.74, 6) is 1.78. The van der Waals surface area contributed by atoms with Crippen molar-refractivity contribution in [3.05, 3.63) is 45.1 Å². The number of benzene rings is 1. The molecular formula is C24H28N4O4S. The van der Waals surface area contributed by atoms with Crippen molar-refractivity contribution < 1.29 is 14.3 Å². The maximum absolute atomic E-state index is 13.2. The number of amides is 1. The molecule has 2 aromatic heterocycles. The first-order chi connectivity index (χ1) is 16.1. The van der Waals surface area contributed by atoms with Crippen molar-refractivity contribution in [2.45, 2.75) is 25.7 Å². The molecule has 1 aliphatic heterocycles. The van der Waals surface area contributed by atoms with Crippen molar-refractivity contribution >= 4 is 33.4 Å². The highest BCUT2D eigenvalue weighted by Crippen LogP contribution is 2.34. The van der Waals surface area contributed by atoms with Gasteiger partial charge in [0, 0.05) is 38.1 Å². The molecule has 174 valence electrons. The van der Waals surface area contributed by atoms with Gasteiger partial charge in [-0.05, 0) is 43.4 Å². The molecule has 3 aromatic rings. The number of methoxy groups -OCH3 is 1. The zero-order valence-corrected chi connectivity index (χ0v) is 19.8. The minimum absolute atomic E-state index is 0.0379. The highest BCUT2D eigenvalue weighted by molar-refractivity contribution is 7.18. The van der Waals surface area contributed by atoms with E-state index >= 15 is 0 Å². The highest BCUT2D eigenvalue weighted by atomic mass is 32.1. The smallest absolute Gasteiger partial charge is 0.263 e. The van der Waals surface area contributed by atoms with Crippen molar-refractivity contribution in [1.29, 1.82) is 0 Å². The first kappa shape index (κ1) is 21.8. The fraction of sp³-hybridized carbons (Fsp3) is 0.458. The van der Waals surface area contributed by atoms with Crippen molar-refractivity contribution in [3.63, 3.8) is 0 Å². The fourth-order valence-electron chi connectivity index (χ4n) is 4.68. The summed E-state index contributed by atoms with van der Waals surface area (Å²) in [4.78, 5) is 36.8. The van der Waals surface area contributed by atoms with Crippen LogP contribution >= 0.6 is 11.3 Å². The number of para-hydroxylation sites is 2. The summed E-state index contributed by atoms with van der Waals surface area (Å²) in [6.45, 7) is 2.32. The van der Waals surface area contributed by atoms with Gasteiger partial charge < -0.3 is 19.3 Å². The molecule has 5 rings (SSSR count). The van der Waals surface area contributed by atoms with Crippen LogP contribution in [0.15, 0.2) is 29.1 Å². The largest absolute Gasteiger partial charge is 0.493 e. The van der Waals surface area contributed by atoms with E-state index in [1.165, 1.54) is 16.9 Å². The second-order valence-corrected chi connectivity index (χ2v) is 9.56. The van der Waals surface area contributed by atoms with Gasteiger partial charge in [0.15, 0.2) is 18.1 Å². The van der Waals surface area contributed by atoms with Crippen LogP contribution in [0.2, 0.25) is 0 Å². The van der Waals surface area contributed by atoms with Crippen LogP contribution < -0.4 is 19.9 Å². The van der Waals surface area contributed by atoms with Crippen LogP contribution in [0, 0.1) is 0 Å². The molecule has 1 amide bonds. The van der Waals surface area contributed by atoms with Gasteiger partial charge in [-0.3, -0.25) is 14.2 Å². The van der Waals surface area contributed by atoms with E-state index in [2.05, 4.69) is 4.90 Å². The minimum atomic E-state index is -0.0659. The van der Waals surface area contributed by atoms with Gasteiger partial charge in [0.05, 0.1) is 12.5 Å². The lowest BCUT2D eigenvalue weighted by atomic mass is 9.97. The lowest BCUT2D eigenvalue weighted by Gasteiger charge is -2.35. The number of carbonyl (C=O) groups is 1. The van der Waals surface area contributed by atoms with Gasteiger partial charge in [0.25, 0.3) is 11.5 Å². The summed E-state index contributed by atoms with van der Waals surface area (Å²) in [6.07, 6.45) is 4.35. The SMILES string of the molecule is COc1ccccc1OCC(=O)N1CCN(c2nc3sc4c(c3c(=O)n2C)CCCC4)CC1. The molecular weight excluding hydrogens is 440 g/mol. The number of hydrogen-bond donors (Lipinski definition) is 0. The van der Waals surface area contributed by atoms with E-state index < -0.39 is 0 Å². The second-order valence-electron chi connectivity index (χ2n) is 8.47. The molecule has 33 heavy (non-hydrogen) atoms. The molecule has 1 aromatic carbocycles. The minimum Gasteiger partial charge on any atom is -0.493 e. The summed E-state index contributed by atoms with van der Waals surface area (Å²) in [7, 11) is 3.38. The fourth-order valence-corrected chi connectivity index (χ4v) is 5.93. The number of nitrogens with zero attached hydrogens (tertiary/aromatic N) is 4. The number of aryl methyl sites for hydroxylation is 2. The van der Waals surface area contributed by atoms with E-state index in [0.717, 1.165) is 29.5 Å². The molecule has 0 radical (unpaired) electrons. The lowest BCUT2D eigenvalue weighted by molar-refractivity contribution is -0.133. The summed E-state index contributed by atoms with van der Waals surface area (Å²) < 4.78 is 12.6. The van der Waals surface area contributed by atoms with Crippen LogP contribution in [0.3, 0.4) is 0 Å². The molecule has 0 N–H and O–H groups in total. The molecule has 0 bridgehead atoms. The van der Waals surface area contributed by atoms with Crippen LogP contribution in [0.1, 0.15) is 23.3 Å². The van der Waals surface area contributed by atoms with Gasteiger partial charge in [0.1, 0.15) is 4.83 Å². The molecule has 3 heterocycles. The average Bonchev–Trinajstić information content (AvgIpc) is 3.23. The van der Waals surface area contributed by atoms with Crippen LogP contribution in [0.4, 0.5) is 5.95 Å². The molecule has 0 spiro atoms. The number of piperazine rings is 1. The number of thiophene rings is 1. The maximum Gasteiger partial charge on any atom is 0.263 e. The van der Waals surface area contributed by atoms with Gasteiger partial charge in [0.2, 0.25) is 5.95 Å². The van der Waals surface area contributed by atoms with E-state index in [1.54, 1.807) is 47.1 Å². The standard InChI is InChI=1S/C24H28N4O4S/c1-26-23(30)21-16-7-3-6-10-19(16)33-22(21)25-24(26)28-13-11-27(12-14-28)20(29)15-32-18-9-5-4-8-17(18)31-2/h4-5,8-9H,3,6-7,10-15H2,1-2H3. The summed E-state index contributed by atoms with van der Waals surface area (Å²) in [5.41, 5.74) is 1.25. The summed E-state index contributed by atoms with van der Waals surface area (Å²) >= 11 is 1.67. The third kappa shape index (κ3) is 4.06. The number of anilines is 1. The molecule has 0 saturated carbocycles. The quantitative estimate of drug-likeness (QED) is 0.573. The van der Waals surface area contributed by atoms with Gasteiger partial charge in [-0.25, -0.2) is 4.98 Å². The Morgan fingerprint density at radius 2 is 1.82 bits per heavy atom. The number of carbonyl (C=O) groups excluding carboxylic acids is 1. The molecule has 1 fully saturated rings. The van der Waals surface area contributed by atoms with E-state index in [-0.39, 0.29) is 18.1 Å². The van der Waals surface area contributed by atoms with Crippen LogP contribution in [0.5, 0.6) is 11.5 Å². The Morgan fingerprint density at radius 3 is 2.58 bits per heavy atom. The van der Waals surface area contributed by atoms with E-state index in [4.69, 9.17) is 14.5 Å². The van der Waals surface area contributed by atoms with Crippen LogP contribution in [0.25, 0.3) is 10.2 Å². The Morgan fingerprint density at radius 1 is 1.09 bits per heavy atom.